The highest BCUT2D eigenvalue weighted by molar-refractivity contribution is 5.92. The molecule has 1 rings (SSSR count). The Morgan fingerprint density at radius 2 is 1.93 bits per heavy atom. The van der Waals surface area contributed by atoms with Crippen molar-refractivity contribution in [1.82, 2.24) is 0 Å². The first kappa shape index (κ1) is 10.3. The second-order valence-electron chi connectivity index (χ2n) is 2.85. The predicted molar refractivity (Wildman–Crippen MR) is 55.3 cm³/mol. The predicted octanol–water partition coefficient (Wildman–Crippen LogP) is 0.0246. The van der Waals surface area contributed by atoms with Crippen LogP contribution in [0.1, 0.15) is 11.1 Å². The fourth-order valence-electron chi connectivity index (χ4n) is 1.06. The molecule has 0 saturated heterocycles. The van der Waals surface area contributed by atoms with Gasteiger partial charge in [0.05, 0.1) is 0 Å². The Morgan fingerprint density at radius 1 is 1.29 bits per heavy atom. The summed E-state index contributed by atoms with van der Waals surface area (Å²) in [6, 6.07) is 7.58. The van der Waals surface area contributed by atoms with Crippen molar-refractivity contribution >= 4 is 5.91 Å². The van der Waals surface area contributed by atoms with Gasteiger partial charge in [-0.25, -0.2) is 0 Å². The molecule has 0 unspecified atom stereocenters. The zero-order chi connectivity index (χ0) is 10.4. The van der Waals surface area contributed by atoms with Gasteiger partial charge in [0.15, 0.2) is 0 Å². The SMILES string of the molecule is NCCc1ccc(C#CC(N)=O)cc1. The molecule has 3 nitrogen and oxygen atoms in total. The van der Waals surface area contributed by atoms with Crippen LogP contribution in [0.3, 0.4) is 0 Å². The molecular formula is C11H12N2O. The summed E-state index contributed by atoms with van der Waals surface area (Å²) in [5.41, 5.74) is 12.2. The molecule has 0 heterocycles. The number of primary amides is 1. The van der Waals surface area contributed by atoms with E-state index in [1.54, 1.807) is 0 Å². The summed E-state index contributed by atoms with van der Waals surface area (Å²) in [6.07, 6.45) is 0.851. The molecule has 3 heteroatoms. The molecule has 0 bridgehead atoms. The van der Waals surface area contributed by atoms with Gasteiger partial charge in [-0.1, -0.05) is 18.1 Å². The first-order chi connectivity index (χ1) is 6.72. The molecular weight excluding hydrogens is 176 g/mol. The molecule has 0 fully saturated rings. The third kappa shape index (κ3) is 3.30. The third-order valence-electron chi connectivity index (χ3n) is 1.72. The number of hydrogen-bond donors (Lipinski definition) is 2. The van der Waals surface area contributed by atoms with Crippen molar-refractivity contribution < 1.29 is 4.79 Å². The van der Waals surface area contributed by atoms with Crippen LogP contribution >= 0.6 is 0 Å². The number of carbonyl (C=O) groups excluding carboxylic acids is 1. The lowest BCUT2D eigenvalue weighted by atomic mass is 10.1. The molecule has 1 aromatic rings. The molecule has 0 spiro atoms. The minimum absolute atomic E-state index is 0.615. The number of rotatable bonds is 2. The Morgan fingerprint density at radius 3 is 2.43 bits per heavy atom. The van der Waals surface area contributed by atoms with Crippen LogP contribution in [0.25, 0.3) is 0 Å². The van der Waals surface area contributed by atoms with E-state index < -0.39 is 5.91 Å². The van der Waals surface area contributed by atoms with E-state index >= 15 is 0 Å². The molecule has 72 valence electrons. The Bertz CT molecular complexity index is 371. The van der Waals surface area contributed by atoms with Crippen LogP contribution in [0, 0.1) is 11.8 Å². The highest BCUT2D eigenvalue weighted by Crippen LogP contribution is 2.03. The first-order valence-corrected chi connectivity index (χ1v) is 4.33. The standard InChI is InChI=1S/C11H12N2O/c12-8-7-10-3-1-9(2-4-10)5-6-11(13)14/h1-4H,7-8,12H2,(H2,13,14). The van der Waals surface area contributed by atoms with Gasteiger partial charge in [0, 0.05) is 5.56 Å². The molecule has 0 saturated carbocycles. The summed E-state index contributed by atoms with van der Waals surface area (Å²) < 4.78 is 0. The minimum Gasteiger partial charge on any atom is -0.359 e. The van der Waals surface area contributed by atoms with E-state index in [0.29, 0.717) is 6.54 Å². The highest BCUT2D eigenvalue weighted by Gasteiger charge is 1.91. The molecule has 0 atom stereocenters. The Labute approximate surface area is 83.1 Å². The quantitative estimate of drug-likeness (QED) is 0.643. The van der Waals surface area contributed by atoms with Gasteiger partial charge in [0.25, 0.3) is 5.91 Å². The van der Waals surface area contributed by atoms with Crippen molar-refractivity contribution in [3.05, 3.63) is 35.4 Å². The van der Waals surface area contributed by atoms with Crippen LogP contribution in [-0.2, 0) is 11.2 Å². The zero-order valence-electron chi connectivity index (χ0n) is 7.79. The third-order valence-corrected chi connectivity index (χ3v) is 1.72. The fraction of sp³-hybridized carbons (Fsp3) is 0.182. The first-order valence-electron chi connectivity index (χ1n) is 4.33. The molecule has 4 N–H and O–H groups in total. The topological polar surface area (TPSA) is 69.1 Å². The maximum Gasteiger partial charge on any atom is 0.293 e. The van der Waals surface area contributed by atoms with Gasteiger partial charge in [-0.2, -0.15) is 0 Å². The van der Waals surface area contributed by atoms with Crippen LogP contribution in [-0.4, -0.2) is 12.5 Å². The van der Waals surface area contributed by atoms with Crippen molar-refractivity contribution in [2.75, 3.05) is 6.54 Å². The molecule has 0 aliphatic rings. The van der Waals surface area contributed by atoms with Gasteiger partial charge in [-0.15, -0.1) is 0 Å². The number of benzene rings is 1. The second-order valence-corrected chi connectivity index (χ2v) is 2.85. The summed E-state index contributed by atoms with van der Waals surface area (Å²) >= 11 is 0. The van der Waals surface area contributed by atoms with E-state index in [1.165, 1.54) is 0 Å². The van der Waals surface area contributed by atoms with Gasteiger partial charge in [-0.3, -0.25) is 4.79 Å². The minimum atomic E-state index is -0.615. The molecule has 0 aliphatic heterocycles. The molecule has 1 aromatic carbocycles. The smallest absolute Gasteiger partial charge is 0.293 e. The van der Waals surface area contributed by atoms with Crippen molar-refractivity contribution in [1.29, 1.82) is 0 Å². The van der Waals surface area contributed by atoms with Gasteiger partial charge in [0.1, 0.15) is 0 Å². The summed E-state index contributed by atoms with van der Waals surface area (Å²) in [6.45, 7) is 0.631. The molecule has 1 amide bonds. The summed E-state index contributed by atoms with van der Waals surface area (Å²) in [5, 5.41) is 0. The Hall–Kier alpha value is -1.79. The van der Waals surface area contributed by atoms with Gasteiger partial charge in [0.2, 0.25) is 0 Å². The monoisotopic (exact) mass is 188 g/mol. The average Bonchev–Trinajstić information content (AvgIpc) is 2.17. The van der Waals surface area contributed by atoms with Crippen molar-refractivity contribution in [3.8, 4) is 11.8 Å². The number of hydrogen-bond acceptors (Lipinski definition) is 2. The second kappa shape index (κ2) is 5.05. The molecule has 0 aliphatic carbocycles. The van der Waals surface area contributed by atoms with Crippen molar-refractivity contribution in [2.24, 2.45) is 11.5 Å². The van der Waals surface area contributed by atoms with E-state index in [9.17, 15) is 4.79 Å². The fourth-order valence-corrected chi connectivity index (χ4v) is 1.06. The van der Waals surface area contributed by atoms with Gasteiger partial charge >= 0.3 is 0 Å². The lowest BCUT2D eigenvalue weighted by molar-refractivity contribution is -0.112. The summed E-state index contributed by atoms with van der Waals surface area (Å²) in [4.78, 5) is 10.4. The van der Waals surface area contributed by atoms with Crippen LogP contribution in [0.5, 0.6) is 0 Å². The maximum absolute atomic E-state index is 10.4. The average molecular weight is 188 g/mol. The van der Waals surface area contributed by atoms with Crippen molar-refractivity contribution in [2.45, 2.75) is 6.42 Å². The molecule has 0 radical (unpaired) electrons. The highest BCUT2D eigenvalue weighted by atomic mass is 16.1. The Kier molecular flexibility index (Phi) is 3.71. The maximum atomic E-state index is 10.4. The lowest BCUT2D eigenvalue weighted by Crippen LogP contribution is -2.06. The van der Waals surface area contributed by atoms with E-state index in [0.717, 1.165) is 17.5 Å². The van der Waals surface area contributed by atoms with Crippen LogP contribution in [0.4, 0.5) is 0 Å². The molecule has 0 aromatic heterocycles. The van der Waals surface area contributed by atoms with Crippen molar-refractivity contribution in [3.63, 3.8) is 0 Å². The number of amides is 1. The van der Waals surface area contributed by atoms with E-state index in [-0.39, 0.29) is 0 Å². The van der Waals surface area contributed by atoms with Gasteiger partial charge in [-0.05, 0) is 36.6 Å². The lowest BCUT2D eigenvalue weighted by Gasteiger charge is -1.97. The van der Waals surface area contributed by atoms with Gasteiger partial charge < -0.3 is 11.5 Å². The number of carbonyl (C=O) groups is 1. The zero-order valence-corrected chi connectivity index (χ0v) is 7.79. The van der Waals surface area contributed by atoms with E-state index in [4.69, 9.17) is 11.5 Å². The van der Waals surface area contributed by atoms with E-state index in [2.05, 4.69) is 11.8 Å². The Balaban J connectivity index is 2.75. The summed E-state index contributed by atoms with van der Waals surface area (Å²) in [5.74, 6) is 4.32. The van der Waals surface area contributed by atoms with E-state index in [1.807, 2.05) is 24.3 Å². The summed E-state index contributed by atoms with van der Waals surface area (Å²) in [7, 11) is 0. The molecule has 14 heavy (non-hydrogen) atoms. The largest absolute Gasteiger partial charge is 0.359 e. The normalized spacial score (nSPS) is 8.93. The van der Waals surface area contributed by atoms with Crippen LogP contribution in [0.2, 0.25) is 0 Å². The van der Waals surface area contributed by atoms with Crippen LogP contribution in [0.15, 0.2) is 24.3 Å². The number of nitrogens with two attached hydrogens (primary N) is 2. The van der Waals surface area contributed by atoms with Crippen LogP contribution < -0.4 is 11.5 Å².